The molecule has 7 nitrogen and oxygen atoms in total. The highest BCUT2D eigenvalue weighted by Gasteiger charge is 2.21. The molecule has 112 valence electrons. The molecular weight excluding hydrogens is 284 g/mol. The molecule has 1 aromatic carbocycles. The zero-order chi connectivity index (χ0) is 15.4. The molecule has 1 aliphatic heterocycles. The van der Waals surface area contributed by atoms with Crippen LogP contribution in [0.4, 0.5) is 0 Å². The lowest BCUT2D eigenvalue weighted by atomic mass is 10.2. The molecule has 1 aromatic heterocycles. The lowest BCUT2D eigenvalue weighted by molar-refractivity contribution is -0.145. The van der Waals surface area contributed by atoms with E-state index >= 15 is 0 Å². The SMILES string of the molecule is O=C(NN1CCOCC1=O)c1cnc(-c2ccccc2)nc1. The molecular formula is C15H14N4O3. The van der Waals surface area contributed by atoms with E-state index in [1.165, 1.54) is 17.4 Å². The van der Waals surface area contributed by atoms with Crippen molar-refractivity contribution in [2.24, 2.45) is 0 Å². The molecule has 3 rings (SSSR count). The van der Waals surface area contributed by atoms with Gasteiger partial charge in [0.2, 0.25) is 0 Å². The number of carbonyl (C=O) groups is 2. The van der Waals surface area contributed by atoms with Gasteiger partial charge in [0.05, 0.1) is 18.7 Å². The Hall–Kier alpha value is -2.80. The Morgan fingerprint density at radius 2 is 1.91 bits per heavy atom. The fourth-order valence-corrected chi connectivity index (χ4v) is 2.00. The molecule has 2 amide bonds. The normalized spacial score (nSPS) is 14.7. The minimum absolute atomic E-state index is 0.0241. The summed E-state index contributed by atoms with van der Waals surface area (Å²) in [6.07, 6.45) is 2.88. The minimum Gasteiger partial charge on any atom is -0.370 e. The zero-order valence-corrected chi connectivity index (χ0v) is 11.7. The average Bonchev–Trinajstić information content (AvgIpc) is 2.58. The molecule has 0 radical (unpaired) electrons. The van der Waals surface area contributed by atoms with E-state index in [0.717, 1.165) is 5.56 Å². The summed E-state index contributed by atoms with van der Waals surface area (Å²) in [5, 5.41) is 1.25. The number of ether oxygens (including phenoxy) is 1. The highest BCUT2D eigenvalue weighted by atomic mass is 16.5. The highest BCUT2D eigenvalue weighted by Crippen LogP contribution is 2.13. The molecule has 0 aliphatic carbocycles. The lowest BCUT2D eigenvalue weighted by Gasteiger charge is -2.26. The Labute approximate surface area is 126 Å². The van der Waals surface area contributed by atoms with Crippen LogP contribution < -0.4 is 5.43 Å². The van der Waals surface area contributed by atoms with Gasteiger partial charge in [-0.1, -0.05) is 30.3 Å². The number of benzene rings is 1. The predicted molar refractivity (Wildman–Crippen MR) is 77.5 cm³/mol. The van der Waals surface area contributed by atoms with Crippen molar-refractivity contribution in [2.45, 2.75) is 0 Å². The maximum Gasteiger partial charge on any atom is 0.273 e. The minimum atomic E-state index is -0.421. The van der Waals surface area contributed by atoms with Crippen LogP contribution in [0.25, 0.3) is 11.4 Å². The first kappa shape index (κ1) is 14.2. The molecule has 2 aromatic rings. The van der Waals surface area contributed by atoms with Crippen molar-refractivity contribution < 1.29 is 14.3 Å². The van der Waals surface area contributed by atoms with Gasteiger partial charge in [-0.05, 0) is 0 Å². The van der Waals surface area contributed by atoms with Crippen molar-refractivity contribution in [3.63, 3.8) is 0 Å². The van der Waals surface area contributed by atoms with Crippen LogP contribution in [0.15, 0.2) is 42.7 Å². The standard InChI is InChI=1S/C15H14N4O3/c20-13-10-22-7-6-19(13)18-15(21)12-8-16-14(17-9-12)11-4-2-1-3-5-11/h1-5,8-9H,6-7,10H2,(H,18,21). The number of carbonyl (C=O) groups excluding carboxylic acids is 2. The van der Waals surface area contributed by atoms with Crippen LogP contribution in [0.2, 0.25) is 0 Å². The van der Waals surface area contributed by atoms with E-state index in [2.05, 4.69) is 15.4 Å². The van der Waals surface area contributed by atoms with Crippen molar-refractivity contribution in [3.05, 3.63) is 48.3 Å². The van der Waals surface area contributed by atoms with Gasteiger partial charge < -0.3 is 4.74 Å². The summed E-state index contributed by atoms with van der Waals surface area (Å²) >= 11 is 0. The summed E-state index contributed by atoms with van der Waals surface area (Å²) in [5.41, 5.74) is 3.69. The van der Waals surface area contributed by atoms with Crippen LogP contribution in [0.3, 0.4) is 0 Å². The van der Waals surface area contributed by atoms with E-state index in [1.54, 1.807) is 0 Å². The van der Waals surface area contributed by atoms with Gasteiger partial charge in [-0.25, -0.2) is 15.0 Å². The third-order valence-electron chi connectivity index (χ3n) is 3.17. The first-order valence-corrected chi connectivity index (χ1v) is 6.80. The Balaban J connectivity index is 1.70. The summed E-state index contributed by atoms with van der Waals surface area (Å²) < 4.78 is 5.00. The van der Waals surface area contributed by atoms with Gasteiger partial charge in [0, 0.05) is 18.0 Å². The van der Waals surface area contributed by atoms with Crippen molar-refractivity contribution in [1.29, 1.82) is 0 Å². The van der Waals surface area contributed by atoms with Crippen LogP contribution in [0, 0.1) is 0 Å². The molecule has 0 unspecified atom stereocenters. The smallest absolute Gasteiger partial charge is 0.273 e. The molecule has 0 saturated carbocycles. The molecule has 1 aliphatic rings. The zero-order valence-electron chi connectivity index (χ0n) is 11.7. The molecule has 0 atom stereocenters. The van der Waals surface area contributed by atoms with Gasteiger partial charge in [0.15, 0.2) is 5.82 Å². The molecule has 1 N–H and O–H groups in total. The van der Waals surface area contributed by atoms with Gasteiger partial charge in [0.1, 0.15) is 6.61 Å². The number of nitrogens with zero attached hydrogens (tertiary/aromatic N) is 3. The van der Waals surface area contributed by atoms with Gasteiger partial charge >= 0.3 is 0 Å². The number of hydrogen-bond donors (Lipinski definition) is 1. The number of hydrogen-bond acceptors (Lipinski definition) is 5. The van der Waals surface area contributed by atoms with E-state index in [9.17, 15) is 9.59 Å². The quantitative estimate of drug-likeness (QED) is 0.899. The van der Waals surface area contributed by atoms with Crippen molar-refractivity contribution in [2.75, 3.05) is 19.8 Å². The molecule has 22 heavy (non-hydrogen) atoms. The molecule has 2 heterocycles. The van der Waals surface area contributed by atoms with Gasteiger partial charge in [-0.3, -0.25) is 15.0 Å². The second-order valence-electron chi connectivity index (χ2n) is 4.70. The van der Waals surface area contributed by atoms with E-state index in [4.69, 9.17) is 4.74 Å². The van der Waals surface area contributed by atoms with E-state index in [-0.39, 0.29) is 12.5 Å². The van der Waals surface area contributed by atoms with Crippen molar-refractivity contribution in [1.82, 2.24) is 20.4 Å². The van der Waals surface area contributed by atoms with Crippen molar-refractivity contribution in [3.8, 4) is 11.4 Å². The number of nitrogens with one attached hydrogen (secondary N) is 1. The largest absolute Gasteiger partial charge is 0.370 e. The summed E-state index contributed by atoms with van der Waals surface area (Å²) in [7, 11) is 0. The molecule has 7 heteroatoms. The lowest BCUT2D eigenvalue weighted by Crippen LogP contribution is -2.52. The second-order valence-corrected chi connectivity index (χ2v) is 4.70. The van der Waals surface area contributed by atoms with Crippen LogP contribution in [0.5, 0.6) is 0 Å². The number of amides is 2. The topological polar surface area (TPSA) is 84.4 Å². The summed E-state index contributed by atoms with van der Waals surface area (Å²) in [6.45, 7) is 0.701. The maximum atomic E-state index is 12.1. The number of hydrazine groups is 1. The Bertz CT molecular complexity index is 673. The van der Waals surface area contributed by atoms with Gasteiger partial charge in [-0.15, -0.1) is 0 Å². The fourth-order valence-electron chi connectivity index (χ4n) is 2.00. The number of aromatic nitrogens is 2. The van der Waals surface area contributed by atoms with Crippen molar-refractivity contribution >= 4 is 11.8 Å². The maximum absolute atomic E-state index is 12.1. The van der Waals surface area contributed by atoms with Crippen LogP contribution >= 0.6 is 0 Å². The van der Waals surface area contributed by atoms with Gasteiger partial charge in [0.25, 0.3) is 11.8 Å². The average molecular weight is 298 g/mol. The Kier molecular flexibility index (Phi) is 4.06. The molecule has 0 spiro atoms. The molecule has 0 bridgehead atoms. The number of rotatable bonds is 3. The highest BCUT2D eigenvalue weighted by molar-refractivity contribution is 5.95. The molecule has 1 saturated heterocycles. The van der Waals surface area contributed by atoms with E-state index in [0.29, 0.717) is 24.5 Å². The number of morpholine rings is 1. The monoisotopic (exact) mass is 298 g/mol. The van der Waals surface area contributed by atoms with Crippen LogP contribution in [0.1, 0.15) is 10.4 Å². The van der Waals surface area contributed by atoms with Crippen LogP contribution in [-0.2, 0) is 9.53 Å². The van der Waals surface area contributed by atoms with E-state index < -0.39 is 5.91 Å². The molecule has 1 fully saturated rings. The Morgan fingerprint density at radius 3 is 2.59 bits per heavy atom. The predicted octanol–water partition coefficient (Wildman–Crippen LogP) is 0.647. The second kappa shape index (κ2) is 6.31. The summed E-state index contributed by atoms with van der Waals surface area (Å²) in [4.78, 5) is 32.0. The fraction of sp³-hybridized carbons (Fsp3) is 0.200. The Morgan fingerprint density at radius 1 is 1.18 bits per heavy atom. The summed E-state index contributed by atoms with van der Waals surface area (Å²) in [6, 6.07) is 9.47. The first-order chi connectivity index (χ1) is 10.7. The van der Waals surface area contributed by atoms with E-state index in [1.807, 2.05) is 30.3 Å². The van der Waals surface area contributed by atoms with Crippen LogP contribution in [-0.4, -0.2) is 46.5 Å². The summed E-state index contributed by atoms with van der Waals surface area (Å²) in [5.74, 6) is -0.157. The third kappa shape index (κ3) is 3.09. The third-order valence-corrected chi connectivity index (χ3v) is 3.17. The first-order valence-electron chi connectivity index (χ1n) is 6.80. The van der Waals surface area contributed by atoms with Gasteiger partial charge in [-0.2, -0.15) is 0 Å².